The number of carbonyl (C=O) groups is 3. The summed E-state index contributed by atoms with van der Waals surface area (Å²) in [5.41, 5.74) is 9.13. The predicted octanol–water partition coefficient (Wildman–Crippen LogP) is 5.33. The molecule has 3 N–H and O–H groups in total. The highest BCUT2D eigenvalue weighted by Gasteiger charge is 2.43. The number of fused-ring (bicyclic) bond motifs is 1. The van der Waals surface area contributed by atoms with Crippen molar-refractivity contribution in [3.05, 3.63) is 69.3 Å². The lowest BCUT2D eigenvalue weighted by molar-refractivity contribution is -0.133. The number of rotatable bonds is 4. The number of hydrogen-bond acceptors (Lipinski definition) is 5. The van der Waals surface area contributed by atoms with Crippen LogP contribution in [0.5, 0.6) is 0 Å². The standard InChI is InChI=1S/C29H32Cl2N4O3/c1-29(2)14-22-26(24(36)15-29)27(19-8-7-18(30)13-20(19)31)35(23-6-4-3-5-21(23)33-22)16-25(37)34-11-9-17(10-12-34)28(32)38/h3-8,13,17,27,33H,9-12,14-16H2,1-2H3,(H2,32,38). The number of amides is 2. The summed E-state index contributed by atoms with van der Waals surface area (Å²) in [6.07, 6.45) is 2.18. The van der Waals surface area contributed by atoms with Crippen LogP contribution in [0.4, 0.5) is 11.4 Å². The number of primary amides is 1. The van der Waals surface area contributed by atoms with Gasteiger partial charge in [0, 0.05) is 46.7 Å². The summed E-state index contributed by atoms with van der Waals surface area (Å²) in [7, 11) is 0. The van der Waals surface area contributed by atoms with Gasteiger partial charge in [-0.25, -0.2) is 0 Å². The van der Waals surface area contributed by atoms with Crippen LogP contribution in [-0.4, -0.2) is 42.1 Å². The fraction of sp³-hybridized carbons (Fsp3) is 0.414. The van der Waals surface area contributed by atoms with Gasteiger partial charge in [-0.2, -0.15) is 0 Å². The van der Waals surface area contributed by atoms with E-state index in [0.717, 1.165) is 22.6 Å². The number of para-hydroxylation sites is 2. The Kier molecular flexibility index (Phi) is 7.18. The van der Waals surface area contributed by atoms with Gasteiger partial charge in [-0.15, -0.1) is 0 Å². The van der Waals surface area contributed by atoms with Crippen molar-refractivity contribution in [2.45, 2.75) is 45.6 Å². The van der Waals surface area contributed by atoms with E-state index in [1.165, 1.54) is 0 Å². The molecule has 2 heterocycles. The second kappa shape index (κ2) is 10.3. The van der Waals surface area contributed by atoms with Gasteiger partial charge in [0.15, 0.2) is 5.78 Å². The van der Waals surface area contributed by atoms with E-state index in [4.69, 9.17) is 28.9 Å². The van der Waals surface area contributed by atoms with Crippen LogP contribution in [0.15, 0.2) is 53.7 Å². The number of anilines is 2. The Labute approximate surface area is 232 Å². The van der Waals surface area contributed by atoms with Gasteiger partial charge in [0.25, 0.3) is 0 Å². The second-order valence-electron chi connectivity index (χ2n) is 11.2. The van der Waals surface area contributed by atoms with Crippen molar-refractivity contribution >= 4 is 52.2 Å². The number of nitrogens with two attached hydrogens (primary N) is 1. The number of allylic oxidation sites excluding steroid dienone is 1. The summed E-state index contributed by atoms with van der Waals surface area (Å²) in [6.45, 7) is 5.15. The lowest BCUT2D eigenvalue weighted by atomic mass is 9.73. The van der Waals surface area contributed by atoms with Crippen LogP contribution >= 0.6 is 23.2 Å². The molecular weight excluding hydrogens is 523 g/mol. The summed E-state index contributed by atoms with van der Waals surface area (Å²) >= 11 is 13.0. The molecule has 0 saturated carbocycles. The predicted molar refractivity (Wildman–Crippen MR) is 150 cm³/mol. The molecule has 2 amide bonds. The SMILES string of the molecule is CC1(C)CC(=O)C2=C(C1)Nc1ccccc1N(CC(=O)N1CCC(C(N)=O)CC1)C2c1ccc(Cl)cc1Cl. The summed E-state index contributed by atoms with van der Waals surface area (Å²) in [5.74, 6) is -0.572. The number of benzene rings is 2. The normalized spacial score (nSPS) is 21.4. The van der Waals surface area contributed by atoms with Gasteiger partial charge in [0.05, 0.1) is 24.0 Å². The Morgan fingerprint density at radius 1 is 1.08 bits per heavy atom. The second-order valence-corrected chi connectivity index (χ2v) is 12.1. The minimum Gasteiger partial charge on any atom is -0.369 e. The number of halogens is 2. The first-order valence-electron chi connectivity index (χ1n) is 12.9. The summed E-state index contributed by atoms with van der Waals surface area (Å²) in [6, 6.07) is 12.5. The van der Waals surface area contributed by atoms with Crippen LogP contribution in [0.25, 0.3) is 0 Å². The monoisotopic (exact) mass is 554 g/mol. The number of carbonyl (C=O) groups excluding carboxylic acids is 3. The van der Waals surface area contributed by atoms with Crippen LogP contribution in [0.3, 0.4) is 0 Å². The fourth-order valence-electron chi connectivity index (χ4n) is 5.93. The van der Waals surface area contributed by atoms with E-state index < -0.39 is 6.04 Å². The molecule has 3 aliphatic rings. The van der Waals surface area contributed by atoms with Gasteiger partial charge in [-0.05, 0) is 54.5 Å². The number of nitrogens with one attached hydrogen (secondary N) is 1. The summed E-state index contributed by atoms with van der Waals surface area (Å²) in [4.78, 5) is 42.9. The highest BCUT2D eigenvalue weighted by molar-refractivity contribution is 6.35. The Balaban J connectivity index is 1.61. The molecule has 0 bridgehead atoms. The first kappa shape index (κ1) is 26.6. The average Bonchev–Trinajstić information content (AvgIpc) is 2.98. The number of hydrogen-bond donors (Lipinski definition) is 2. The van der Waals surface area contributed by atoms with Gasteiger partial charge in [-0.3, -0.25) is 14.4 Å². The van der Waals surface area contributed by atoms with Crippen LogP contribution in [0.1, 0.15) is 51.1 Å². The fourth-order valence-corrected chi connectivity index (χ4v) is 6.44. The summed E-state index contributed by atoms with van der Waals surface area (Å²) < 4.78 is 0. The highest BCUT2D eigenvalue weighted by atomic mass is 35.5. The van der Waals surface area contributed by atoms with Crippen molar-refractivity contribution in [3.63, 3.8) is 0 Å². The molecular formula is C29H32Cl2N4O3. The molecule has 1 fully saturated rings. The van der Waals surface area contributed by atoms with Crippen LogP contribution in [0, 0.1) is 11.3 Å². The van der Waals surface area contributed by atoms with E-state index >= 15 is 0 Å². The van der Waals surface area contributed by atoms with Crippen molar-refractivity contribution in [2.24, 2.45) is 17.1 Å². The third-order valence-corrected chi connectivity index (χ3v) is 8.38. The molecule has 0 radical (unpaired) electrons. The van der Waals surface area contributed by atoms with Gasteiger partial charge >= 0.3 is 0 Å². The minimum absolute atomic E-state index is 0.0345. The van der Waals surface area contributed by atoms with Crippen LogP contribution < -0.4 is 16.0 Å². The Bertz CT molecular complexity index is 1330. The van der Waals surface area contributed by atoms with E-state index in [-0.39, 0.29) is 35.5 Å². The highest BCUT2D eigenvalue weighted by Crippen LogP contribution is 2.49. The lowest BCUT2D eigenvalue weighted by Gasteiger charge is -2.39. The number of piperidine rings is 1. The van der Waals surface area contributed by atoms with Gasteiger partial charge in [0.2, 0.25) is 11.8 Å². The van der Waals surface area contributed by atoms with E-state index in [2.05, 4.69) is 19.2 Å². The molecule has 1 aliphatic carbocycles. The lowest BCUT2D eigenvalue weighted by Crippen LogP contribution is -2.47. The van der Waals surface area contributed by atoms with Gasteiger partial charge < -0.3 is 20.9 Å². The van der Waals surface area contributed by atoms with E-state index in [9.17, 15) is 14.4 Å². The maximum Gasteiger partial charge on any atom is 0.242 e. The molecule has 0 aromatic heterocycles. The van der Waals surface area contributed by atoms with Crippen molar-refractivity contribution in [1.82, 2.24) is 4.90 Å². The average molecular weight is 556 g/mol. The number of Topliss-reactive ketones (excluding diaryl/α,β-unsaturated/α-hetero) is 1. The number of likely N-dealkylation sites (tertiary alicyclic amines) is 1. The van der Waals surface area contributed by atoms with Crippen LogP contribution in [0.2, 0.25) is 10.0 Å². The molecule has 200 valence electrons. The van der Waals surface area contributed by atoms with E-state index in [1.807, 2.05) is 35.2 Å². The van der Waals surface area contributed by atoms with Crippen molar-refractivity contribution in [3.8, 4) is 0 Å². The van der Waals surface area contributed by atoms with Crippen molar-refractivity contribution < 1.29 is 14.4 Å². The van der Waals surface area contributed by atoms with Gasteiger partial charge in [0.1, 0.15) is 0 Å². The van der Waals surface area contributed by atoms with Crippen molar-refractivity contribution in [2.75, 3.05) is 29.9 Å². The number of ketones is 1. The molecule has 2 aromatic carbocycles. The third kappa shape index (κ3) is 5.14. The minimum atomic E-state index is -0.582. The molecule has 38 heavy (non-hydrogen) atoms. The Morgan fingerprint density at radius 2 is 1.79 bits per heavy atom. The molecule has 0 spiro atoms. The van der Waals surface area contributed by atoms with E-state index in [1.54, 1.807) is 17.0 Å². The first-order chi connectivity index (χ1) is 18.0. The molecule has 1 saturated heterocycles. The van der Waals surface area contributed by atoms with Gasteiger partial charge in [-0.1, -0.05) is 55.2 Å². The molecule has 5 rings (SSSR count). The zero-order valence-corrected chi connectivity index (χ0v) is 23.1. The molecule has 1 unspecified atom stereocenters. The smallest absolute Gasteiger partial charge is 0.242 e. The molecule has 9 heteroatoms. The zero-order valence-electron chi connectivity index (χ0n) is 21.6. The van der Waals surface area contributed by atoms with E-state index in [0.29, 0.717) is 54.4 Å². The Morgan fingerprint density at radius 3 is 2.47 bits per heavy atom. The quantitative estimate of drug-likeness (QED) is 0.532. The molecule has 2 aliphatic heterocycles. The third-order valence-electron chi connectivity index (χ3n) is 7.82. The molecule has 1 atom stereocenters. The van der Waals surface area contributed by atoms with Crippen molar-refractivity contribution in [1.29, 1.82) is 0 Å². The van der Waals surface area contributed by atoms with Crippen LogP contribution in [-0.2, 0) is 14.4 Å². The maximum atomic E-state index is 13.8. The Hall–Kier alpha value is -3.03. The summed E-state index contributed by atoms with van der Waals surface area (Å²) in [5, 5.41) is 4.48. The largest absolute Gasteiger partial charge is 0.369 e. The maximum absolute atomic E-state index is 13.8. The topological polar surface area (TPSA) is 95.7 Å². The number of nitrogens with zero attached hydrogens (tertiary/aromatic N) is 2. The molecule has 7 nitrogen and oxygen atoms in total. The molecule has 2 aromatic rings. The zero-order chi connectivity index (χ0) is 27.2. The first-order valence-corrected chi connectivity index (χ1v) is 13.7.